The molecule has 0 saturated carbocycles. The molecule has 0 aliphatic heterocycles. The molecular weight excluding hydrogens is 363 g/mol. The molecule has 9 heteroatoms. The summed E-state index contributed by atoms with van der Waals surface area (Å²) in [6, 6.07) is 10.6. The molecule has 142 valence electrons. The third kappa shape index (κ3) is 6.14. The molecule has 0 atom stereocenters. The fraction of sp³-hybridized carbons (Fsp3) is 0.167. The van der Waals surface area contributed by atoms with Crippen LogP contribution in [-0.2, 0) is 20.6 Å². The predicted molar refractivity (Wildman–Crippen MR) is 94.1 cm³/mol. The first-order valence-electron chi connectivity index (χ1n) is 7.79. The zero-order valence-corrected chi connectivity index (χ0v) is 14.2. The van der Waals surface area contributed by atoms with E-state index in [9.17, 15) is 27.6 Å². The normalized spacial score (nSPS) is 10.8. The number of anilines is 3. The molecule has 0 unspecified atom stereocenters. The van der Waals surface area contributed by atoms with E-state index >= 15 is 0 Å². The van der Waals surface area contributed by atoms with Gasteiger partial charge in [-0.2, -0.15) is 13.2 Å². The number of rotatable bonds is 5. The Labute approximate surface area is 152 Å². The van der Waals surface area contributed by atoms with Gasteiger partial charge in [-0.15, -0.1) is 0 Å². The molecule has 0 heterocycles. The molecule has 2 rings (SSSR count). The highest BCUT2D eigenvalue weighted by Crippen LogP contribution is 2.34. The van der Waals surface area contributed by atoms with Crippen molar-refractivity contribution in [3.05, 3.63) is 54.1 Å². The fourth-order valence-electron chi connectivity index (χ4n) is 2.22. The van der Waals surface area contributed by atoms with Gasteiger partial charge in [0.25, 0.3) is 0 Å². The van der Waals surface area contributed by atoms with Gasteiger partial charge in [-0.3, -0.25) is 14.4 Å². The first-order valence-corrected chi connectivity index (χ1v) is 7.79. The van der Waals surface area contributed by atoms with Crippen LogP contribution in [0.3, 0.4) is 0 Å². The smallest absolute Gasteiger partial charge is 0.326 e. The van der Waals surface area contributed by atoms with E-state index in [4.69, 9.17) is 0 Å². The van der Waals surface area contributed by atoms with Gasteiger partial charge in [0, 0.05) is 18.3 Å². The number of halogens is 3. The summed E-state index contributed by atoms with van der Waals surface area (Å²) in [7, 11) is 0. The van der Waals surface area contributed by atoms with Crippen molar-refractivity contribution in [1.82, 2.24) is 0 Å². The highest BCUT2D eigenvalue weighted by Gasteiger charge is 2.33. The largest absolute Gasteiger partial charge is 0.418 e. The third-order valence-electron chi connectivity index (χ3n) is 3.32. The topological polar surface area (TPSA) is 87.3 Å². The summed E-state index contributed by atoms with van der Waals surface area (Å²) in [5.74, 6) is -1.81. The molecule has 2 aromatic carbocycles. The maximum Gasteiger partial charge on any atom is 0.418 e. The van der Waals surface area contributed by atoms with Crippen LogP contribution < -0.4 is 16.0 Å². The molecule has 0 aliphatic carbocycles. The zero-order valence-electron chi connectivity index (χ0n) is 14.2. The predicted octanol–water partition coefficient (Wildman–Crippen LogP) is 3.63. The molecule has 27 heavy (non-hydrogen) atoms. The molecule has 0 aliphatic rings. The molecule has 0 aromatic heterocycles. The van der Waals surface area contributed by atoms with Crippen molar-refractivity contribution in [3.8, 4) is 0 Å². The molecule has 3 N–H and O–H groups in total. The Bertz CT molecular complexity index is 849. The van der Waals surface area contributed by atoms with Crippen molar-refractivity contribution in [2.45, 2.75) is 19.5 Å². The monoisotopic (exact) mass is 379 g/mol. The quantitative estimate of drug-likeness (QED) is 0.694. The van der Waals surface area contributed by atoms with Gasteiger partial charge in [-0.1, -0.05) is 12.1 Å². The first kappa shape index (κ1) is 20.0. The molecule has 2 aromatic rings. The minimum absolute atomic E-state index is 0.248. The highest BCUT2D eigenvalue weighted by atomic mass is 19.4. The van der Waals surface area contributed by atoms with E-state index in [-0.39, 0.29) is 5.91 Å². The maximum atomic E-state index is 12.9. The second kappa shape index (κ2) is 8.35. The van der Waals surface area contributed by atoms with Gasteiger partial charge < -0.3 is 16.0 Å². The standard InChI is InChI=1S/C18H16F3N3O3/c1-11(25)22-12-6-8-13(9-7-12)23-16(26)10-17(27)24-15-5-3-2-4-14(15)18(19,20)21/h2-9H,10H2,1H3,(H,22,25)(H,23,26)(H,24,27). The van der Waals surface area contributed by atoms with Gasteiger partial charge in [0.15, 0.2) is 0 Å². The SMILES string of the molecule is CC(=O)Nc1ccc(NC(=O)CC(=O)Nc2ccccc2C(F)(F)F)cc1. The number of amides is 3. The molecule has 3 amide bonds. The van der Waals surface area contributed by atoms with Crippen molar-refractivity contribution in [1.29, 1.82) is 0 Å². The summed E-state index contributed by atoms with van der Waals surface area (Å²) in [6.45, 7) is 1.35. The summed E-state index contributed by atoms with van der Waals surface area (Å²) >= 11 is 0. The number of nitrogens with one attached hydrogen (secondary N) is 3. The number of benzene rings is 2. The number of carbonyl (C=O) groups excluding carboxylic acids is 3. The highest BCUT2D eigenvalue weighted by molar-refractivity contribution is 6.08. The lowest BCUT2D eigenvalue weighted by Gasteiger charge is -2.13. The van der Waals surface area contributed by atoms with Gasteiger partial charge in [0.1, 0.15) is 6.42 Å². The Hall–Kier alpha value is -3.36. The van der Waals surface area contributed by atoms with Crippen LogP contribution in [0, 0.1) is 0 Å². The minimum atomic E-state index is -4.62. The second-order valence-corrected chi connectivity index (χ2v) is 5.58. The fourth-order valence-corrected chi connectivity index (χ4v) is 2.22. The Kier molecular flexibility index (Phi) is 6.17. The van der Waals surface area contributed by atoms with E-state index in [1.54, 1.807) is 12.1 Å². The third-order valence-corrected chi connectivity index (χ3v) is 3.32. The zero-order chi connectivity index (χ0) is 20.0. The van der Waals surface area contributed by atoms with Gasteiger partial charge in [-0.05, 0) is 36.4 Å². The van der Waals surface area contributed by atoms with E-state index in [2.05, 4.69) is 16.0 Å². The molecule has 0 bridgehead atoms. The molecular formula is C18H16F3N3O3. The summed E-state index contributed by atoms with van der Waals surface area (Å²) in [5, 5.41) is 7.10. The van der Waals surface area contributed by atoms with E-state index in [1.807, 2.05) is 0 Å². The van der Waals surface area contributed by atoms with Crippen LogP contribution in [-0.4, -0.2) is 17.7 Å². The molecule has 0 spiro atoms. The van der Waals surface area contributed by atoms with Crippen LogP contribution in [0.25, 0.3) is 0 Å². The minimum Gasteiger partial charge on any atom is -0.326 e. The molecule has 0 radical (unpaired) electrons. The summed E-state index contributed by atoms with van der Waals surface area (Å²) < 4.78 is 38.7. The van der Waals surface area contributed by atoms with Gasteiger partial charge >= 0.3 is 6.18 Å². The Morgan fingerprint density at radius 2 is 1.33 bits per heavy atom. The lowest BCUT2D eigenvalue weighted by atomic mass is 10.1. The van der Waals surface area contributed by atoms with Crippen LogP contribution in [0.15, 0.2) is 48.5 Å². The Morgan fingerprint density at radius 3 is 1.89 bits per heavy atom. The number of carbonyl (C=O) groups is 3. The molecule has 0 saturated heterocycles. The van der Waals surface area contributed by atoms with Crippen LogP contribution in [0.5, 0.6) is 0 Å². The van der Waals surface area contributed by atoms with Crippen molar-refractivity contribution in [2.75, 3.05) is 16.0 Å². The van der Waals surface area contributed by atoms with E-state index in [1.165, 1.54) is 31.2 Å². The molecule has 0 fully saturated rings. The van der Waals surface area contributed by atoms with Crippen molar-refractivity contribution < 1.29 is 27.6 Å². The van der Waals surface area contributed by atoms with Crippen molar-refractivity contribution in [3.63, 3.8) is 0 Å². The number of para-hydroxylation sites is 1. The average molecular weight is 379 g/mol. The summed E-state index contributed by atoms with van der Waals surface area (Å²) in [6.07, 6.45) is -5.28. The average Bonchev–Trinajstić information content (AvgIpc) is 2.55. The first-order chi connectivity index (χ1) is 12.6. The van der Waals surface area contributed by atoms with Crippen LogP contribution in [0.2, 0.25) is 0 Å². The summed E-state index contributed by atoms with van der Waals surface area (Å²) in [5.41, 5.74) is -0.505. The maximum absolute atomic E-state index is 12.9. The second-order valence-electron chi connectivity index (χ2n) is 5.58. The Morgan fingerprint density at radius 1 is 0.815 bits per heavy atom. The Balaban J connectivity index is 1.95. The van der Waals surface area contributed by atoms with Crippen molar-refractivity contribution >= 4 is 34.8 Å². The number of hydrogen-bond donors (Lipinski definition) is 3. The van der Waals surface area contributed by atoms with Crippen LogP contribution in [0.4, 0.5) is 30.2 Å². The summed E-state index contributed by atoms with van der Waals surface area (Å²) in [4.78, 5) is 34.7. The van der Waals surface area contributed by atoms with Crippen LogP contribution >= 0.6 is 0 Å². The number of alkyl halides is 3. The van der Waals surface area contributed by atoms with Crippen LogP contribution in [0.1, 0.15) is 18.9 Å². The van der Waals surface area contributed by atoms with Crippen molar-refractivity contribution in [2.24, 2.45) is 0 Å². The van der Waals surface area contributed by atoms with Gasteiger partial charge in [-0.25, -0.2) is 0 Å². The lowest BCUT2D eigenvalue weighted by Crippen LogP contribution is -2.22. The van der Waals surface area contributed by atoms with E-state index in [0.717, 1.165) is 12.1 Å². The van der Waals surface area contributed by atoms with Gasteiger partial charge in [0.2, 0.25) is 17.7 Å². The van der Waals surface area contributed by atoms with Gasteiger partial charge in [0.05, 0.1) is 11.3 Å². The number of hydrogen-bond acceptors (Lipinski definition) is 3. The van der Waals surface area contributed by atoms with E-state index < -0.39 is 35.7 Å². The molecule has 6 nitrogen and oxygen atoms in total. The lowest BCUT2D eigenvalue weighted by molar-refractivity contribution is -0.137. The van der Waals surface area contributed by atoms with E-state index in [0.29, 0.717) is 11.4 Å².